The molecule has 4 aliphatic heterocycles. The van der Waals surface area contributed by atoms with E-state index in [4.69, 9.17) is 19.4 Å². The van der Waals surface area contributed by atoms with E-state index in [1.54, 1.807) is 0 Å². The Morgan fingerprint density at radius 2 is 1.73 bits per heavy atom. The molecule has 0 spiro atoms. The average molecular weight is 669 g/mol. The van der Waals surface area contributed by atoms with Gasteiger partial charge >= 0.3 is 12.1 Å². The van der Waals surface area contributed by atoms with Crippen LogP contribution in [0.5, 0.6) is 6.01 Å². The smallest absolute Gasteiger partial charge is 0.410 e. The summed E-state index contributed by atoms with van der Waals surface area (Å²) in [6.45, 7) is 17.2. The lowest BCUT2D eigenvalue weighted by atomic mass is 9.95. The number of nitrogens with zero attached hydrogens (tertiary/aromatic N) is 6. The van der Waals surface area contributed by atoms with Gasteiger partial charge in [0.1, 0.15) is 29.4 Å². The summed E-state index contributed by atoms with van der Waals surface area (Å²) in [6, 6.07) is 12.1. The third-order valence-electron chi connectivity index (χ3n) is 11.0. The maximum absolute atomic E-state index is 17.2. The van der Waals surface area contributed by atoms with Crippen LogP contribution in [-0.4, -0.2) is 88.6 Å². The Balaban J connectivity index is 1.29. The van der Waals surface area contributed by atoms with Crippen LogP contribution in [0.15, 0.2) is 41.4 Å². The van der Waals surface area contributed by atoms with Gasteiger partial charge in [0, 0.05) is 24.2 Å². The normalized spacial score (nSPS) is 22.3. The molecule has 2 aromatic carbocycles. The van der Waals surface area contributed by atoms with Gasteiger partial charge in [-0.05, 0) is 109 Å². The van der Waals surface area contributed by atoms with Crippen molar-refractivity contribution in [3.63, 3.8) is 0 Å². The zero-order valence-corrected chi connectivity index (χ0v) is 29.6. The van der Waals surface area contributed by atoms with Gasteiger partial charge in [-0.25, -0.2) is 9.18 Å². The number of rotatable bonds is 8. The molecule has 0 saturated carbocycles. The fraction of sp³-hybridized carbons (Fsp3) is 0.538. The third-order valence-corrected chi connectivity index (χ3v) is 11.0. The van der Waals surface area contributed by atoms with Crippen molar-refractivity contribution in [1.82, 2.24) is 19.8 Å². The molecule has 1 aromatic heterocycles. The number of ether oxygens (including phenoxy) is 2. The summed E-state index contributed by atoms with van der Waals surface area (Å²) in [5.41, 5.74) is 2.11. The number of fused-ring (bicyclic) bond motifs is 4. The molecule has 260 valence electrons. The van der Waals surface area contributed by atoms with Gasteiger partial charge in [-0.15, -0.1) is 0 Å². The van der Waals surface area contributed by atoms with E-state index in [1.165, 1.54) is 0 Å². The minimum atomic E-state index is -0.575. The van der Waals surface area contributed by atoms with Crippen molar-refractivity contribution in [2.45, 2.75) is 103 Å². The molecule has 4 saturated heterocycles. The fourth-order valence-corrected chi connectivity index (χ4v) is 8.72. The number of piperazine rings is 1. The minimum Gasteiger partial charge on any atom is -0.461 e. The molecule has 4 fully saturated rings. The second-order valence-electron chi connectivity index (χ2n) is 15.2. The van der Waals surface area contributed by atoms with Crippen molar-refractivity contribution in [2.75, 3.05) is 37.7 Å². The topological polar surface area (TPSA) is 83.4 Å². The molecule has 0 radical (unpaired) electrons. The number of aryl methyl sites for hydroxylation is 1. The van der Waals surface area contributed by atoms with Crippen LogP contribution in [0.3, 0.4) is 0 Å². The predicted octanol–water partition coefficient (Wildman–Crippen LogP) is 7.59. The number of aliphatic imine (C=N–C) groups is 1. The van der Waals surface area contributed by atoms with Gasteiger partial charge < -0.3 is 14.4 Å². The van der Waals surface area contributed by atoms with Gasteiger partial charge in [-0.1, -0.05) is 43.3 Å². The van der Waals surface area contributed by atoms with E-state index in [9.17, 15) is 4.79 Å². The number of amides is 1. The molecule has 2 unspecified atom stereocenters. The molecule has 7 rings (SSSR count). The number of carbonyl (C=O) groups is 1. The number of benzene rings is 2. The highest BCUT2D eigenvalue weighted by Crippen LogP contribution is 2.41. The van der Waals surface area contributed by atoms with Crippen molar-refractivity contribution < 1.29 is 18.7 Å². The molecule has 5 heterocycles. The van der Waals surface area contributed by atoms with Gasteiger partial charge in [0.2, 0.25) is 0 Å². The van der Waals surface area contributed by atoms with Crippen LogP contribution in [0, 0.1) is 6.92 Å². The number of anilines is 1. The van der Waals surface area contributed by atoms with Crippen LogP contribution < -0.4 is 9.64 Å². The minimum absolute atomic E-state index is 0.0194. The Bertz CT molecular complexity index is 1770. The van der Waals surface area contributed by atoms with Crippen LogP contribution in [-0.2, 0) is 11.2 Å². The SMILES string of the molecule is C=N/C(=C(/F)c1nc(OCC23CCCN2CCC3)nc(N2CC3CCC(C2)N3C(=O)OC(C)(C)C)c1C)c1cccc2cccc(CC)c12. The Kier molecular flexibility index (Phi) is 8.88. The van der Waals surface area contributed by atoms with Crippen LogP contribution in [0.4, 0.5) is 15.0 Å². The van der Waals surface area contributed by atoms with Gasteiger partial charge in [-0.3, -0.25) is 14.8 Å². The highest BCUT2D eigenvalue weighted by molar-refractivity contribution is 6.01. The zero-order chi connectivity index (χ0) is 34.5. The largest absolute Gasteiger partial charge is 0.461 e. The second-order valence-corrected chi connectivity index (χ2v) is 15.2. The zero-order valence-electron chi connectivity index (χ0n) is 29.6. The van der Waals surface area contributed by atoms with Crippen molar-refractivity contribution in [3.8, 4) is 6.01 Å². The first-order valence-electron chi connectivity index (χ1n) is 17.9. The molecule has 2 bridgehead atoms. The maximum atomic E-state index is 17.2. The molecule has 2 atom stereocenters. The van der Waals surface area contributed by atoms with Gasteiger partial charge in [0.15, 0.2) is 5.83 Å². The first kappa shape index (κ1) is 33.4. The number of hydrogen-bond acceptors (Lipinski definition) is 8. The van der Waals surface area contributed by atoms with Gasteiger partial charge in [-0.2, -0.15) is 9.97 Å². The van der Waals surface area contributed by atoms with Crippen molar-refractivity contribution in [1.29, 1.82) is 0 Å². The Morgan fingerprint density at radius 3 is 2.37 bits per heavy atom. The maximum Gasteiger partial charge on any atom is 0.410 e. The number of halogens is 1. The van der Waals surface area contributed by atoms with Crippen LogP contribution in [0.2, 0.25) is 0 Å². The monoisotopic (exact) mass is 668 g/mol. The van der Waals surface area contributed by atoms with E-state index < -0.39 is 11.4 Å². The Morgan fingerprint density at radius 1 is 1.06 bits per heavy atom. The van der Waals surface area contributed by atoms with Crippen molar-refractivity contribution in [2.24, 2.45) is 4.99 Å². The summed E-state index contributed by atoms with van der Waals surface area (Å²) in [4.78, 5) is 33.9. The standard InChI is InChI=1S/C39H49FN6O3/c1-7-26-12-8-13-27-14-9-15-30(31(26)27)34(41-6)32(40)33-25(2)35(43-36(42-33)48-24-39-18-10-20-45(39)21-11-19-39)44-22-28-16-17-29(23-44)46(28)37(47)49-38(3,4)5/h8-9,12-15,28-29H,6-7,10-11,16-24H2,1-5H3/b34-32+. The summed E-state index contributed by atoms with van der Waals surface area (Å²) in [5.74, 6) is 0.0648. The fourth-order valence-electron chi connectivity index (χ4n) is 8.72. The molecule has 9 nitrogen and oxygen atoms in total. The number of hydrogen-bond donors (Lipinski definition) is 0. The quantitative estimate of drug-likeness (QED) is 0.229. The van der Waals surface area contributed by atoms with Crippen LogP contribution in [0.25, 0.3) is 22.3 Å². The Hall–Kier alpha value is -4.05. The van der Waals surface area contributed by atoms with Crippen molar-refractivity contribution >= 4 is 40.9 Å². The van der Waals surface area contributed by atoms with Gasteiger partial charge in [0.05, 0.1) is 17.6 Å². The van der Waals surface area contributed by atoms with Crippen molar-refractivity contribution in [3.05, 3.63) is 58.8 Å². The first-order valence-corrected chi connectivity index (χ1v) is 17.9. The molecule has 0 aliphatic carbocycles. The second kappa shape index (κ2) is 13.0. The van der Waals surface area contributed by atoms with E-state index in [0.29, 0.717) is 36.6 Å². The lowest BCUT2D eigenvalue weighted by Gasteiger charge is -2.42. The lowest BCUT2D eigenvalue weighted by molar-refractivity contribution is 0.0122. The molecular weight excluding hydrogens is 619 g/mol. The molecule has 49 heavy (non-hydrogen) atoms. The van der Waals surface area contributed by atoms with E-state index in [2.05, 4.69) is 34.5 Å². The predicted molar refractivity (Wildman–Crippen MR) is 193 cm³/mol. The van der Waals surface area contributed by atoms with E-state index in [1.807, 2.05) is 62.9 Å². The summed E-state index contributed by atoms with van der Waals surface area (Å²) in [7, 11) is 0. The van der Waals surface area contributed by atoms with Crippen LogP contribution in [0.1, 0.15) is 88.6 Å². The summed E-state index contributed by atoms with van der Waals surface area (Å²) in [6.07, 6.45) is 6.72. The van der Waals surface area contributed by atoms with E-state index >= 15 is 4.39 Å². The first-order chi connectivity index (χ1) is 23.5. The summed E-state index contributed by atoms with van der Waals surface area (Å²) >= 11 is 0. The molecular formula is C39H49FN6O3. The average Bonchev–Trinajstić information content (AvgIpc) is 3.74. The van der Waals surface area contributed by atoms with E-state index in [0.717, 1.165) is 74.4 Å². The van der Waals surface area contributed by atoms with E-state index in [-0.39, 0.29) is 41.1 Å². The highest BCUT2D eigenvalue weighted by atomic mass is 19.1. The molecule has 10 heteroatoms. The molecule has 3 aromatic rings. The summed E-state index contributed by atoms with van der Waals surface area (Å²) in [5, 5.41) is 1.98. The number of aromatic nitrogens is 2. The molecule has 4 aliphatic rings. The summed E-state index contributed by atoms with van der Waals surface area (Å²) < 4.78 is 29.4. The van der Waals surface area contributed by atoms with Gasteiger partial charge in [0.25, 0.3) is 0 Å². The van der Waals surface area contributed by atoms with Crippen LogP contribution >= 0.6 is 0 Å². The third kappa shape index (κ3) is 6.17. The lowest BCUT2D eigenvalue weighted by Crippen LogP contribution is -2.57. The molecule has 0 N–H and O–H groups in total. The Labute approximate surface area is 289 Å². The highest BCUT2D eigenvalue weighted by Gasteiger charge is 2.46. The number of carbonyl (C=O) groups excluding carboxylic acids is 1. The molecule has 1 amide bonds.